The summed E-state index contributed by atoms with van der Waals surface area (Å²) >= 11 is 0. The van der Waals surface area contributed by atoms with Gasteiger partial charge >= 0.3 is 12.0 Å². The van der Waals surface area contributed by atoms with Crippen LogP contribution in [-0.2, 0) is 14.3 Å². The Kier molecular flexibility index (Phi) is 5.51. The number of imide groups is 1. The highest BCUT2D eigenvalue weighted by molar-refractivity contribution is 6.00. The molecule has 1 atom stereocenters. The number of esters is 1. The molecule has 27 heavy (non-hydrogen) atoms. The van der Waals surface area contributed by atoms with Crippen molar-refractivity contribution in [1.29, 1.82) is 0 Å². The van der Waals surface area contributed by atoms with Gasteiger partial charge in [0.25, 0.3) is 5.91 Å². The Hall–Kier alpha value is -3.61. The van der Waals surface area contributed by atoms with Crippen LogP contribution in [0.4, 0.5) is 4.79 Å². The van der Waals surface area contributed by atoms with Crippen molar-refractivity contribution in [2.45, 2.75) is 6.10 Å². The minimum Gasteiger partial charge on any atom is -0.488 e. The molecule has 0 aliphatic carbocycles. The smallest absolute Gasteiger partial charge is 0.338 e. The highest BCUT2D eigenvalue weighted by Crippen LogP contribution is 2.27. The van der Waals surface area contributed by atoms with Gasteiger partial charge < -0.3 is 14.8 Å². The van der Waals surface area contributed by atoms with Crippen LogP contribution in [0.3, 0.4) is 0 Å². The van der Waals surface area contributed by atoms with Gasteiger partial charge in [-0.2, -0.15) is 0 Å². The lowest BCUT2D eigenvalue weighted by Crippen LogP contribution is -2.41. The number of nitrogens with one attached hydrogen (secondary N) is 2. The van der Waals surface area contributed by atoms with Crippen molar-refractivity contribution in [1.82, 2.24) is 10.6 Å². The highest BCUT2D eigenvalue weighted by atomic mass is 16.6. The van der Waals surface area contributed by atoms with Crippen LogP contribution in [-0.4, -0.2) is 31.6 Å². The van der Waals surface area contributed by atoms with Gasteiger partial charge in [0.05, 0.1) is 5.57 Å². The lowest BCUT2D eigenvalue weighted by molar-refractivity contribution is -0.152. The Morgan fingerprint density at radius 2 is 1.74 bits per heavy atom. The maximum atomic E-state index is 12.6. The normalized spacial score (nSPS) is 13.3. The summed E-state index contributed by atoms with van der Waals surface area (Å²) in [6.07, 6.45) is 0.397. The molecule has 0 spiro atoms. The van der Waals surface area contributed by atoms with Gasteiger partial charge in [-0.3, -0.25) is 10.1 Å². The maximum absolute atomic E-state index is 12.6. The molecule has 7 heteroatoms. The number of urea groups is 1. The predicted octanol–water partition coefficient (Wildman–Crippen LogP) is 2.20. The Bertz CT molecular complexity index is 892. The number of hydrogen-bond acceptors (Lipinski definition) is 5. The van der Waals surface area contributed by atoms with Gasteiger partial charge in [-0.1, -0.05) is 48.5 Å². The average molecular weight is 366 g/mol. The number of benzene rings is 2. The van der Waals surface area contributed by atoms with Gasteiger partial charge in [0.2, 0.25) is 6.10 Å². The van der Waals surface area contributed by atoms with Gasteiger partial charge in [0.15, 0.2) is 0 Å². The Morgan fingerprint density at radius 1 is 1.04 bits per heavy atom. The van der Waals surface area contributed by atoms with Crippen molar-refractivity contribution in [3.05, 3.63) is 71.3 Å². The summed E-state index contributed by atoms with van der Waals surface area (Å²) in [4.78, 5) is 36.5. The monoisotopic (exact) mass is 366 g/mol. The molecule has 0 saturated carbocycles. The van der Waals surface area contributed by atoms with Crippen LogP contribution in [0.5, 0.6) is 5.75 Å². The van der Waals surface area contributed by atoms with E-state index >= 15 is 0 Å². The fourth-order valence-corrected chi connectivity index (χ4v) is 2.56. The molecule has 0 unspecified atom stereocenters. The summed E-state index contributed by atoms with van der Waals surface area (Å²) in [5.74, 6) is -0.761. The molecule has 3 amide bonds. The molecule has 0 aromatic heterocycles. The minimum atomic E-state index is -1.27. The molecule has 1 heterocycles. The molecule has 1 aliphatic rings. The van der Waals surface area contributed by atoms with Crippen LogP contribution >= 0.6 is 0 Å². The summed E-state index contributed by atoms with van der Waals surface area (Å²) in [5, 5.41) is 4.42. The molecule has 2 aromatic carbocycles. The quantitative estimate of drug-likeness (QED) is 0.809. The van der Waals surface area contributed by atoms with Crippen molar-refractivity contribution < 1.29 is 23.9 Å². The Labute approximate surface area is 156 Å². The van der Waals surface area contributed by atoms with Crippen LogP contribution in [0.25, 0.3) is 6.08 Å². The zero-order valence-electron chi connectivity index (χ0n) is 14.6. The highest BCUT2D eigenvalue weighted by Gasteiger charge is 2.28. The molecule has 0 saturated heterocycles. The third-order valence-electron chi connectivity index (χ3n) is 3.92. The first kappa shape index (κ1) is 18.2. The van der Waals surface area contributed by atoms with E-state index in [4.69, 9.17) is 9.47 Å². The fourth-order valence-electron chi connectivity index (χ4n) is 2.56. The van der Waals surface area contributed by atoms with Gasteiger partial charge in [-0.05, 0) is 12.1 Å². The second-order valence-corrected chi connectivity index (χ2v) is 5.76. The molecule has 3 rings (SSSR count). The minimum absolute atomic E-state index is 0.0361. The third-order valence-corrected chi connectivity index (χ3v) is 3.92. The number of fused-ring (bicyclic) bond motifs is 1. The Balaban J connectivity index is 1.82. The van der Waals surface area contributed by atoms with Crippen molar-refractivity contribution in [3.63, 3.8) is 0 Å². The molecular formula is C20H18N2O5. The number of hydrogen-bond donors (Lipinski definition) is 2. The van der Waals surface area contributed by atoms with E-state index in [9.17, 15) is 14.4 Å². The van der Waals surface area contributed by atoms with E-state index in [-0.39, 0.29) is 12.2 Å². The van der Waals surface area contributed by atoms with Crippen LogP contribution in [0.15, 0.2) is 60.2 Å². The van der Waals surface area contributed by atoms with Crippen molar-refractivity contribution in [2.75, 3.05) is 13.7 Å². The molecular weight excluding hydrogens is 348 g/mol. The van der Waals surface area contributed by atoms with E-state index in [1.165, 1.54) is 7.05 Å². The number of carbonyl (C=O) groups is 3. The van der Waals surface area contributed by atoms with Gasteiger partial charge in [0.1, 0.15) is 12.4 Å². The van der Waals surface area contributed by atoms with Gasteiger partial charge in [0, 0.05) is 18.2 Å². The van der Waals surface area contributed by atoms with Gasteiger partial charge in [-0.15, -0.1) is 0 Å². The molecule has 0 fully saturated rings. The molecule has 1 aliphatic heterocycles. The van der Waals surface area contributed by atoms with E-state index in [0.29, 0.717) is 11.3 Å². The SMILES string of the molecule is CNC(=O)NC(=O)[C@@H](OC(=O)C1=Cc2ccccc2OC1)c1ccccc1. The van der Waals surface area contributed by atoms with Crippen LogP contribution in [0, 0.1) is 0 Å². The summed E-state index contributed by atoms with van der Waals surface area (Å²) in [5.41, 5.74) is 1.48. The van der Waals surface area contributed by atoms with E-state index in [1.54, 1.807) is 42.5 Å². The lowest BCUT2D eigenvalue weighted by Gasteiger charge is -2.21. The average Bonchev–Trinajstić information content (AvgIpc) is 2.71. The number of ether oxygens (including phenoxy) is 2. The van der Waals surface area contributed by atoms with Crippen molar-refractivity contribution in [2.24, 2.45) is 0 Å². The van der Waals surface area contributed by atoms with Crippen LogP contribution < -0.4 is 15.4 Å². The topological polar surface area (TPSA) is 93.7 Å². The number of carbonyl (C=O) groups excluding carboxylic acids is 3. The van der Waals surface area contributed by atoms with E-state index in [2.05, 4.69) is 10.6 Å². The standard InChI is InChI=1S/C20H18N2O5/c1-21-20(25)22-18(23)17(13-7-3-2-4-8-13)27-19(24)15-11-14-9-5-6-10-16(14)26-12-15/h2-11,17H,12H2,1H3,(H2,21,22,23,25)/t17-/m0/s1. The van der Waals surface area contributed by atoms with Crippen LogP contribution in [0.1, 0.15) is 17.2 Å². The summed E-state index contributed by atoms with van der Waals surface area (Å²) in [6, 6.07) is 15.1. The maximum Gasteiger partial charge on any atom is 0.338 e. The molecule has 138 valence electrons. The number of rotatable bonds is 4. The van der Waals surface area contributed by atoms with Gasteiger partial charge in [-0.25, -0.2) is 9.59 Å². The van der Waals surface area contributed by atoms with Crippen molar-refractivity contribution in [3.8, 4) is 5.75 Å². The zero-order valence-corrected chi connectivity index (χ0v) is 14.6. The summed E-state index contributed by atoms with van der Waals surface area (Å²) in [6.45, 7) is 0.0361. The van der Waals surface area contributed by atoms with E-state index < -0.39 is 24.0 Å². The fraction of sp³-hybridized carbons (Fsp3) is 0.150. The number of para-hydroxylation sites is 1. The predicted molar refractivity (Wildman–Crippen MR) is 97.8 cm³/mol. The zero-order chi connectivity index (χ0) is 19.2. The van der Waals surface area contributed by atoms with Crippen LogP contribution in [0.2, 0.25) is 0 Å². The number of amides is 3. The molecule has 0 bridgehead atoms. The van der Waals surface area contributed by atoms with Crippen molar-refractivity contribution >= 4 is 24.0 Å². The summed E-state index contributed by atoms with van der Waals surface area (Å²) in [7, 11) is 1.38. The Morgan fingerprint density at radius 3 is 2.48 bits per heavy atom. The molecule has 2 aromatic rings. The molecule has 7 nitrogen and oxygen atoms in total. The third kappa shape index (κ3) is 4.33. The van der Waals surface area contributed by atoms with E-state index in [0.717, 1.165) is 5.56 Å². The molecule has 0 radical (unpaired) electrons. The second kappa shape index (κ2) is 8.18. The van der Waals surface area contributed by atoms with E-state index in [1.807, 2.05) is 18.2 Å². The first-order chi connectivity index (χ1) is 13.1. The first-order valence-corrected chi connectivity index (χ1v) is 8.29. The lowest BCUT2D eigenvalue weighted by atomic mass is 10.1. The second-order valence-electron chi connectivity index (χ2n) is 5.76. The largest absolute Gasteiger partial charge is 0.488 e. The first-order valence-electron chi connectivity index (χ1n) is 8.29. The summed E-state index contributed by atoms with van der Waals surface area (Å²) < 4.78 is 11.0. The molecule has 2 N–H and O–H groups in total.